The lowest BCUT2D eigenvalue weighted by Gasteiger charge is -2.15. The van der Waals surface area contributed by atoms with Crippen molar-refractivity contribution in [3.05, 3.63) is 10.4 Å². The standard InChI is InChI=1S/C21H40N4O3/c1-4-6-7-8-9-10-11-12-13-14-15-18(24-25-22)16-17-20(26)23-19(5-2)21(27)28-3/h18-19H,4-17H2,1-3H3,(H,23,26). The zero-order chi connectivity index (χ0) is 21.0. The summed E-state index contributed by atoms with van der Waals surface area (Å²) in [6, 6.07) is -0.777. The van der Waals surface area contributed by atoms with Gasteiger partial charge in [-0.05, 0) is 24.8 Å². The molecule has 28 heavy (non-hydrogen) atoms. The first-order valence-corrected chi connectivity index (χ1v) is 11.0. The van der Waals surface area contributed by atoms with Crippen molar-refractivity contribution in [2.45, 2.75) is 116 Å². The normalized spacial score (nSPS) is 12.7. The van der Waals surface area contributed by atoms with E-state index >= 15 is 0 Å². The maximum atomic E-state index is 12.0. The number of carbonyl (C=O) groups excluding carboxylic acids is 2. The van der Waals surface area contributed by atoms with Crippen molar-refractivity contribution in [3.8, 4) is 0 Å². The fourth-order valence-electron chi connectivity index (χ4n) is 3.23. The number of esters is 1. The van der Waals surface area contributed by atoms with E-state index in [4.69, 9.17) is 5.53 Å². The van der Waals surface area contributed by atoms with Gasteiger partial charge >= 0.3 is 5.97 Å². The fourth-order valence-corrected chi connectivity index (χ4v) is 3.23. The second-order valence-electron chi connectivity index (χ2n) is 7.42. The third-order valence-electron chi connectivity index (χ3n) is 5.04. The number of methoxy groups -OCH3 is 1. The Bertz CT molecular complexity index is 465. The molecule has 7 heteroatoms. The van der Waals surface area contributed by atoms with Crippen LogP contribution in [0.25, 0.3) is 10.4 Å². The van der Waals surface area contributed by atoms with E-state index < -0.39 is 12.0 Å². The van der Waals surface area contributed by atoms with Crippen molar-refractivity contribution in [2.24, 2.45) is 5.11 Å². The highest BCUT2D eigenvalue weighted by molar-refractivity contribution is 5.84. The van der Waals surface area contributed by atoms with Crippen LogP contribution >= 0.6 is 0 Å². The summed E-state index contributed by atoms with van der Waals surface area (Å²) in [7, 11) is 1.31. The monoisotopic (exact) mass is 396 g/mol. The smallest absolute Gasteiger partial charge is 0.328 e. The van der Waals surface area contributed by atoms with Gasteiger partial charge in [0, 0.05) is 17.4 Å². The Balaban J connectivity index is 3.93. The van der Waals surface area contributed by atoms with Gasteiger partial charge in [-0.15, -0.1) is 0 Å². The number of unbranched alkanes of at least 4 members (excludes halogenated alkanes) is 9. The molecule has 0 spiro atoms. The molecule has 7 nitrogen and oxygen atoms in total. The Labute approximate surface area is 170 Å². The van der Waals surface area contributed by atoms with E-state index in [0.29, 0.717) is 12.8 Å². The maximum absolute atomic E-state index is 12.0. The van der Waals surface area contributed by atoms with Crippen molar-refractivity contribution < 1.29 is 14.3 Å². The first-order chi connectivity index (χ1) is 13.6. The van der Waals surface area contributed by atoms with Crippen LogP contribution in [0.3, 0.4) is 0 Å². The number of amides is 1. The van der Waals surface area contributed by atoms with Crippen molar-refractivity contribution in [3.63, 3.8) is 0 Å². The molecule has 1 N–H and O–H groups in total. The zero-order valence-electron chi connectivity index (χ0n) is 18.1. The number of azide groups is 1. The molecule has 0 saturated heterocycles. The summed E-state index contributed by atoms with van der Waals surface area (Å²) in [4.78, 5) is 26.5. The number of nitrogens with zero attached hydrogens (tertiary/aromatic N) is 3. The Morgan fingerprint density at radius 3 is 2.04 bits per heavy atom. The van der Waals surface area contributed by atoms with Crippen LogP contribution in [-0.2, 0) is 14.3 Å². The summed E-state index contributed by atoms with van der Waals surface area (Å²) < 4.78 is 4.67. The molecule has 0 fully saturated rings. The molecule has 1 amide bonds. The minimum Gasteiger partial charge on any atom is -0.467 e. The van der Waals surface area contributed by atoms with E-state index in [0.717, 1.165) is 19.3 Å². The Morgan fingerprint density at radius 1 is 0.964 bits per heavy atom. The highest BCUT2D eigenvalue weighted by Crippen LogP contribution is 2.15. The summed E-state index contributed by atoms with van der Waals surface area (Å²) >= 11 is 0. The third-order valence-corrected chi connectivity index (χ3v) is 5.04. The van der Waals surface area contributed by atoms with Gasteiger partial charge in [0.05, 0.1) is 7.11 Å². The van der Waals surface area contributed by atoms with Gasteiger partial charge in [0.15, 0.2) is 0 Å². The first kappa shape index (κ1) is 26.2. The van der Waals surface area contributed by atoms with Crippen LogP contribution < -0.4 is 5.32 Å². The quantitative estimate of drug-likeness (QED) is 0.104. The summed E-state index contributed by atoms with van der Waals surface area (Å²) in [5.41, 5.74) is 8.75. The molecule has 0 aromatic heterocycles. The molecule has 0 aliphatic rings. The van der Waals surface area contributed by atoms with Crippen molar-refractivity contribution in [1.29, 1.82) is 0 Å². The molecule has 0 radical (unpaired) electrons. The van der Waals surface area contributed by atoms with Crippen molar-refractivity contribution in [2.75, 3.05) is 7.11 Å². The van der Waals surface area contributed by atoms with Crippen LogP contribution in [-0.4, -0.2) is 31.1 Å². The highest BCUT2D eigenvalue weighted by atomic mass is 16.5. The third kappa shape index (κ3) is 14.3. The molecule has 0 bridgehead atoms. The van der Waals surface area contributed by atoms with Gasteiger partial charge in [-0.3, -0.25) is 4.79 Å². The predicted octanol–water partition coefficient (Wildman–Crippen LogP) is 5.82. The molecule has 0 aromatic rings. The Kier molecular flexibility index (Phi) is 17.4. The van der Waals surface area contributed by atoms with Gasteiger partial charge in [-0.2, -0.15) is 0 Å². The average Bonchev–Trinajstić information content (AvgIpc) is 2.70. The molecule has 0 aliphatic heterocycles. The van der Waals surface area contributed by atoms with Gasteiger partial charge < -0.3 is 10.1 Å². The number of hydrogen-bond acceptors (Lipinski definition) is 4. The van der Waals surface area contributed by atoms with Crippen LogP contribution in [0.15, 0.2) is 5.11 Å². The van der Waals surface area contributed by atoms with Crippen LogP contribution in [0.1, 0.15) is 104 Å². The molecule has 0 saturated carbocycles. The molecular weight excluding hydrogens is 356 g/mol. The topological polar surface area (TPSA) is 104 Å². The van der Waals surface area contributed by atoms with E-state index in [1.165, 1.54) is 58.5 Å². The second-order valence-corrected chi connectivity index (χ2v) is 7.42. The van der Waals surface area contributed by atoms with E-state index in [1.54, 1.807) is 0 Å². The molecule has 162 valence electrons. The first-order valence-electron chi connectivity index (χ1n) is 11.0. The Hall–Kier alpha value is -1.75. The fraction of sp³-hybridized carbons (Fsp3) is 0.905. The number of ether oxygens (including phenoxy) is 1. The van der Waals surface area contributed by atoms with Crippen molar-refractivity contribution >= 4 is 11.9 Å². The van der Waals surface area contributed by atoms with Gasteiger partial charge in [-0.1, -0.05) is 83.2 Å². The zero-order valence-corrected chi connectivity index (χ0v) is 18.1. The summed E-state index contributed by atoms with van der Waals surface area (Å²) in [6.07, 6.45) is 14.7. The largest absolute Gasteiger partial charge is 0.467 e. The molecule has 2 atom stereocenters. The summed E-state index contributed by atoms with van der Waals surface area (Å²) in [6.45, 7) is 4.05. The average molecular weight is 397 g/mol. The molecule has 2 unspecified atom stereocenters. The lowest BCUT2D eigenvalue weighted by Crippen LogP contribution is -2.41. The predicted molar refractivity (Wildman–Crippen MR) is 113 cm³/mol. The van der Waals surface area contributed by atoms with E-state index in [9.17, 15) is 9.59 Å². The SMILES string of the molecule is CCCCCCCCCCCCC(CCC(=O)NC(CC)C(=O)OC)N=[N+]=[N-]. The number of carbonyl (C=O) groups is 2. The van der Waals surface area contributed by atoms with Crippen LogP contribution in [0.2, 0.25) is 0 Å². The Morgan fingerprint density at radius 2 is 1.54 bits per heavy atom. The summed E-state index contributed by atoms with van der Waals surface area (Å²) in [5, 5.41) is 6.51. The second kappa shape index (κ2) is 18.6. The molecule has 0 rings (SSSR count). The van der Waals surface area contributed by atoms with Gasteiger partial charge in [0.2, 0.25) is 5.91 Å². The van der Waals surface area contributed by atoms with Crippen LogP contribution in [0.4, 0.5) is 0 Å². The molecule has 0 aromatic carbocycles. The maximum Gasteiger partial charge on any atom is 0.328 e. The van der Waals surface area contributed by atoms with Gasteiger partial charge in [0.1, 0.15) is 6.04 Å². The van der Waals surface area contributed by atoms with E-state index in [2.05, 4.69) is 27.0 Å². The minimum absolute atomic E-state index is 0.164. The van der Waals surface area contributed by atoms with Gasteiger partial charge in [0.25, 0.3) is 0 Å². The highest BCUT2D eigenvalue weighted by Gasteiger charge is 2.19. The molecule has 0 aliphatic carbocycles. The molecule has 0 heterocycles. The van der Waals surface area contributed by atoms with Crippen LogP contribution in [0, 0.1) is 0 Å². The van der Waals surface area contributed by atoms with Gasteiger partial charge in [-0.25, -0.2) is 4.79 Å². The lowest BCUT2D eigenvalue weighted by atomic mass is 10.0. The van der Waals surface area contributed by atoms with E-state index in [-0.39, 0.29) is 18.4 Å². The number of hydrogen-bond donors (Lipinski definition) is 1. The van der Waals surface area contributed by atoms with Crippen molar-refractivity contribution in [1.82, 2.24) is 5.32 Å². The minimum atomic E-state index is -0.614. The molecular formula is C21H40N4O3. The lowest BCUT2D eigenvalue weighted by molar-refractivity contribution is -0.145. The summed E-state index contributed by atoms with van der Waals surface area (Å²) in [5.74, 6) is -0.647. The van der Waals surface area contributed by atoms with Crippen LogP contribution in [0.5, 0.6) is 0 Å². The number of rotatable bonds is 18. The number of nitrogens with one attached hydrogen (secondary N) is 1. The van der Waals surface area contributed by atoms with E-state index in [1.807, 2.05) is 6.92 Å².